The lowest BCUT2D eigenvalue weighted by molar-refractivity contribution is -0.137. The Morgan fingerprint density at radius 3 is 2.11 bits per heavy atom. The van der Waals surface area contributed by atoms with Gasteiger partial charge in [0, 0.05) is 10.7 Å². The summed E-state index contributed by atoms with van der Waals surface area (Å²) in [7, 11) is 0. The number of hydrogen-bond donors (Lipinski definition) is 0. The van der Waals surface area contributed by atoms with Crippen molar-refractivity contribution < 1.29 is 22.7 Å². The molecule has 1 fully saturated rings. The number of ether oxygens (including phenoxy) is 1. The van der Waals surface area contributed by atoms with E-state index < -0.39 is 23.2 Å². The standard InChI is InChI=1S/C29H25ClF3NO2/c1-3-16-28(17-4-2)19-26(20-6-5-7-21(18-20)29(31,32)33)34(27(28)35)23-10-14-25(15-11-23)36-24-12-8-22(30)9-13-24/h3-15,18,26H,1-2,16-17,19H2. The summed E-state index contributed by atoms with van der Waals surface area (Å²) in [5, 5.41) is 0.591. The third-order valence-electron chi connectivity index (χ3n) is 6.40. The van der Waals surface area contributed by atoms with Gasteiger partial charge in [0.15, 0.2) is 0 Å². The lowest BCUT2D eigenvalue weighted by atomic mass is 9.77. The van der Waals surface area contributed by atoms with Crippen molar-refractivity contribution in [3.8, 4) is 11.5 Å². The van der Waals surface area contributed by atoms with Crippen molar-refractivity contribution in [2.24, 2.45) is 5.41 Å². The number of amides is 1. The van der Waals surface area contributed by atoms with Gasteiger partial charge in [-0.15, -0.1) is 13.2 Å². The molecule has 0 aromatic heterocycles. The van der Waals surface area contributed by atoms with Crippen LogP contribution in [0.1, 0.15) is 36.4 Å². The largest absolute Gasteiger partial charge is 0.457 e. The van der Waals surface area contributed by atoms with E-state index in [1.54, 1.807) is 71.6 Å². The highest BCUT2D eigenvalue weighted by Crippen LogP contribution is 2.51. The van der Waals surface area contributed by atoms with Gasteiger partial charge in [0.05, 0.1) is 17.0 Å². The van der Waals surface area contributed by atoms with Crippen LogP contribution in [0.2, 0.25) is 5.02 Å². The second-order valence-corrected chi connectivity index (χ2v) is 9.27. The van der Waals surface area contributed by atoms with Crippen LogP contribution in [0.3, 0.4) is 0 Å². The monoisotopic (exact) mass is 511 g/mol. The molecule has 1 unspecified atom stereocenters. The average Bonchev–Trinajstić information content (AvgIpc) is 3.13. The van der Waals surface area contributed by atoms with Gasteiger partial charge in [0.1, 0.15) is 11.5 Å². The SMILES string of the molecule is C=CCC1(CC=C)CC(c2cccc(C(F)(F)F)c2)N(c2ccc(Oc3ccc(Cl)cc3)cc2)C1=O. The number of carbonyl (C=O) groups is 1. The minimum Gasteiger partial charge on any atom is -0.457 e. The molecule has 0 spiro atoms. The van der Waals surface area contributed by atoms with Crippen LogP contribution in [-0.4, -0.2) is 5.91 Å². The highest BCUT2D eigenvalue weighted by atomic mass is 35.5. The predicted molar refractivity (Wildman–Crippen MR) is 136 cm³/mol. The highest BCUT2D eigenvalue weighted by molar-refractivity contribution is 6.30. The quantitative estimate of drug-likeness (QED) is 0.283. The van der Waals surface area contributed by atoms with E-state index >= 15 is 0 Å². The fourth-order valence-electron chi connectivity index (χ4n) is 4.72. The first-order chi connectivity index (χ1) is 17.2. The highest BCUT2D eigenvalue weighted by Gasteiger charge is 2.51. The van der Waals surface area contributed by atoms with Gasteiger partial charge >= 0.3 is 6.18 Å². The molecule has 1 amide bonds. The molecule has 0 radical (unpaired) electrons. The van der Waals surface area contributed by atoms with E-state index in [0.29, 0.717) is 47.0 Å². The van der Waals surface area contributed by atoms with Crippen molar-refractivity contribution in [1.82, 2.24) is 0 Å². The van der Waals surface area contributed by atoms with Crippen LogP contribution in [0.25, 0.3) is 0 Å². The Bertz CT molecular complexity index is 1240. The maximum absolute atomic E-state index is 13.8. The van der Waals surface area contributed by atoms with Crippen LogP contribution in [0.4, 0.5) is 18.9 Å². The first-order valence-corrected chi connectivity index (χ1v) is 11.8. The Kier molecular flexibility index (Phi) is 7.27. The number of nitrogens with zero attached hydrogens (tertiary/aromatic N) is 1. The second-order valence-electron chi connectivity index (χ2n) is 8.83. The zero-order valence-corrected chi connectivity index (χ0v) is 20.2. The number of carbonyl (C=O) groups excluding carboxylic acids is 1. The summed E-state index contributed by atoms with van der Waals surface area (Å²) < 4.78 is 46.2. The van der Waals surface area contributed by atoms with Crippen LogP contribution in [0.15, 0.2) is 98.1 Å². The Morgan fingerprint density at radius 1 is 0.972 bits per heavy atom. The smallest absolute Gasteiger partial charge is 0.416 e. The first-order valence-electron chi connectivity index (χ1n) is 11.4. The molecule has 36 heavy (non-hydrogen) atoms. The molecular weight excluding hydrogens is 487 g/mol. The van der Waals surface area contributed by atoms with E-state index in [4.69, 9.17) is 16.3 Å². The van der Waals surface area contributed by atoms with Crippen molar-refractivity contribution in [1.29, 1.82) is 0 Å². The molecule has 4 rings (SSSR count). The van der Waals surface area contributed by atoms with Gasteiger partial charge in [-0.05, 0) is 85.5 Å². The van der Waals surface area contributed by atoms with Gasteiger partial charge in [0.25, 0.3) is 0 Å². The van der Waals surface area contributed by atoms with E-state index in [-0.39, 0.29) is 5.91 Å². The van der Waals surface area contributed by atoms with Crippen LogP contribution in [-0.2, 0) is 11.0 Å². The molecule has 0 saturated carbocycles. The van der Waals surface area contributed by atoms with Gasteiger partial charge in [0.2, 0.25) is 5.91 Å². The van der Waals surface area contributed by atoms with E-state index in [1.165, 1.54) is 6.07 Å². The molecule has 3 aromatic carbocycles. The van der Waals surface area contributed by atoms with Crippen LogP contribution >= 0.6 is 11.6 Å². The van der Waals surface area contributed by atoms with Crippen molar-refractivity contribution in [2.45, 2.75) is 31.5 Å². The fraction of sp³-hybridized carbons (Fsp3) is 0.207. The molecular formula is C29H25ClF3NO2. The molecule has 1 heterocycles. The molecule has 0 bridgehead atoms. The maximum atomic E-state index is 13.8. The molecule has 7 heteroatoms. The average molecular weight is 512 g/mol. The number of alkyl halides is 3. The van der Waals surface area contributed by atoms with Crippen molar-refractivity contribution >= 4 is 23.2 Å². The lowest BCUT2D eigenvalue weighted by Gasteiger charge is -2.27. The molecule has 0 N–H and O–H groups in total. The van der Waals surface area contributed by atoms with Gasteiger partial charge in [-0.2, -0.15) is 13.2 Å². The van der Waals surface area contributed by atoms with Crippen LogP contribution in [0.5, 0.6) is 11.5 Å². The third kappa shape index (κ3) is 5.19. The van der Waals surface area contributed by atoms with Crippen molar-refractivity contribution in [2.75, 3.05) is 4.90 Å². The van der Waals surface area contributed by atoms with Crippen LogP contribution < -0.4 is 9.64 Å². The summed E-state index contributed by atoms with van der Waals surface area (Å²) in [6, 6.07) is 18.4. The summed E-state index contributed by atoms with van der Waals surface area (Å²) in [6.07, 6.45) is -0.00487. The van der Waals surface area contributed by atoms with Crippen molar-refractivity contribution in [3.63, 3.8) is 0 Å². The van der Waals surface area contributed by atoms with Gasteiger partial charge in [-0.25, -0.2) is 0 Å². The van der Waals surface area contributed by atoms with E-state index in [1.807, 2.05) is 0 Å². The number of rotatable bonds is 8. The van der Waals surface area contributed by atoms with Crippen LogP contribution in [0, 0.1) is 5.41 Å². The molecule has 1 aliphatic rings. The van der Waals surface area contributed by atoms with Crippen molar-refractivity contribution in [3.05, 3.63) is 114 Å². The molecule has 1 atom stereocenters. The predicted octanol–water partition coefficient (Wildman–Crippen LogP) is 8.77. The molecule has 186 valence electrons. The topological polar surface area (TPSA) is 29.5 Å². The fourth-order valence-corrected chi connectivity index (χ4v) is 4.85. The van der Waals surface area contributed by atoms with Gasteiger partial charge in [-0.1, -0.05) is 35.9 Å². The van der Waals surface area contributed by atoms with E-state index in [2.05, 4.69) is 13.2 Å². The number of anilines is 1. The number of hydrogen-bond acceptors (Lipinski definition) is 2. The molecule has 0 aliphatic carbocycles. The Labute approximate surface area is 213 Å². The minimum atomic E-state index is -4.48. The zero-order chi connectivity index (χ0) is 25.9. The summed E-state index contributed by atoms with van der Waals surface area (Å²) in [5.74, 6) is 0.977. The summed E-state index contributed by atoms with van der Waals surface area (Å²) >= 11 is 5.92. The summed E-state index contributed by atoms with van der Waals surface area (Å²) in [4.78, 5) is 15.4. The Hall–Kier alpha value is -3.51. The number of allylic oxidation sites excluding steroid dienone is 2. The maximum Gasteiger partial charge on any atom is 0.416 e. The minimum absolute atomic E-state index is 0.170. The molecule has 1 saturated heterocycles. The number of halogens is 4. The van der Waals surface area contributed by atoms with E-state index in [9.17, 15) is 18.0 Å². The lowest BCUT2D eigenvalue weighted by Crippen LogP contribution is -2.35. The van der Waals surface area contributed by atoms with E-state index in [0.717, 1.165) is 12.1 Å². The normalized spacial score (nSPS) is 17.2. The number of benzene rings is 3. The molecule has 1 aliphatic heterocycles. The molecule has 3 aromatic rings. The molecule has 3 nitrogen and oxygen atoms in total. The van der Waals surface area contributed by atoms with Gasteiger partial charge < -0.3 is 9.64 Å². The summed E-state index contributed by atoms with van der Waals surface area (Å²) in [5.41, 5.74) is -0.583. The second kappa shape index (κ2) is 10.2. The Balaban J connectivity index is 1.72. The zero-order valence-electron chi connectivity index (χ0n) is 19.5. The Morgan fingerprint density at radius 2 is 1.56 bits per heavy atom. The summed E-state index contributed by atoms with van der Waals surface area (Å²) in [6.45, 7) is 7.61. The first kappa shape index (κ1) is 25.6. The van der Waals surface area contributed by atoms with Gasteiger partial charge in [-0.3, -0.25) is 4.79 Å². The third-order valence-corrected chi connectivity index (χ3v) is 6.65.